The third-order valence-corrected chi connectivity index (χ3v) is 4.61. The van der Waals surface area contributed by atoms with E-state index in [2.05, 4.69) is 10.6 Å². The minimum Gasteiger partial charge on any atom is -0.353 e. The van der Waals surface area contributed by atoms with Crippen LogP contribution in [0.4, 0.5) is 0 Å². The minimum atomic E-state index is -0.226. The summed E-state index contributed by atoms with van der Waals surface area (Å²) in [5.41, 5.74) is 0.607. The van der Waals surface area contributed by atoms with Crippen LogP contribution < -0.4 is 10.6 Å². The number of benzene rings is 2. The lowest BCUT2D eigenvalue weighted by Gasteiger charge is -2.12. The summed E-state index contributed by atoms with van der Waals surface area (Å²) in [4.78, 5) is 24.9. The molecule has 2 rings (SSSR count). The highest BCUT2D eigenvalue weighted by Crippen LogP contribution is 2.24. The molecule has 0 fully saturated rings. The number of hydrogen-bond donors (Lipinski definition) is 2. The fourth-order valence-corrected chi connectivity index (χ4v) is 2.99. The third-order valence-electron chi connectivity index (χ3n) is 3.24. The highest BCUT2D eigenvalue weighted by molar-refractivity contribution is 8.00. The standard InChI is InChI=1S/C18H19ClN2O2S/c1-13(24-16-9-7-15(19)8-10-16)17(22)20-11-12-21-18(23)14-5-3-2-4-6-14/h2-10,13H,11-12H2,1H3,(H,20,22)(H,21,23). The summed E-state index contributed by atoms with van der Waals surface area (Å²) in [7, 11) is 0. The highest BCUT2D eigenvalue weighted by Gasteiger charge is 2.13. The summed E-state index contributed by atoms with van der Waals surface area (Å²) in [6.45, 7) is 2.62. The Labute approximate surface area is 151 Å². The first-order valence-electron chi connectivity index (χ1n) is 7.59. The Balaban J connectivity index is 1.69. The Morgan fingerprint density at radius 3 is 2.29 bits per heavy atom. The molecule has 1 atom stereocenters. The van der Waals surface area contributed by atoms with Crippen LogP contribution >= 0.6 is 23.4 Å². The molecule has 0 saturated carbocycles. The van der Waals surface area contributed by atoms with Crippen LogP contribution in [0.25, 0.3) is 0 Å². The Hall–Kier alpha value is -1.98. The van der Waals surface area contributed by atoms with E-state index in [4.69, 9.17) is 11.6 Å². The van der Waals surface area contributed by atoms with Crippen molar-refractivity contribution >= 4 is 35.2 Å². The van der Waals surface area contributed by atoms with Crippen molar-refractivity contribution in [3.8, 4) is 0 Å². The summed E-state index contributed by atoms with van der Waals surface area (Å²) in [6, 6.07) is 16.3. The zero-order valence-electron chi connectivity index (χ0n) is 13.3. The van der Waals surface area contributed by atoms with Crippen LogP contribution in [0.2, 0.25) is 5.02 Å². The average Bonchev–Trinajstić information content (AvgIpc) is 2.61. The van der Waals surface area contributed by atoms with Crippen molar-refractivity contribution in [3.63, 3.8) is 0 Å². The first kappa shape index (κ1) is 18.4. The van der Waals surface area contributed by atoms with E-state index in [1.165, 1.54) is 11.8 Å². The van der Waals surface area contributed by atoms with E-state index in [1.54, 1.807) is 24.3 Å². The van der Waals surface area contributed by atoms with Gasteiger partial charge in [0.1, 0.15) is 0 Å². The maximum absolute atomic E-state index is 12.1. The zero-order chi connectivity index (χ0) is 17.4. The maximum atomic E-state index is 12.1. The smallest absolute Gasteiger partial charge is 0.251 e. The Morgan fingerprint density at radius 1 is 1.00 bits per heavy atom. The normalized spacial score (nSPS) is 11.6. The minimum absolute atomic E-state index is 0.0658. The quantitative estimate of drug-likeness (QED) is 0.586. The summed E-state index contributed by atoms with van der Waals surface area (Å²) in [5.74, 6) is -0.211. The molecular formula is C18H19ClN2O2S. The maximum Gasteiger partial charge on any atom is 0.251 e. The third kappa shape index (κ3) is 5.91. The molecule has 2 N–H and O–H groups in total. The van der Waals surface area contributed by atoms with Crippen LogP contribution in [0.3, 0.4) is 0 Å². The number of carbonyl (C=O) groups excluding carboxylic acids is 2. The van der Waals surface area contributed by atoms with E-state index in [0.29, 0.717) is 23.7 Å². The highest BCUT2D eigenvalue weighted by atomic mass is 35.5. The topological polar surface area (TPSA) is 58.2 Å². The van der Waals surface area contributed by atoms with Gasteiger partial charge in [-0.1, -0.05) is 29.8 Å². The van der Waals surface area contributed by atoms with Crippen molar-refractivity contribution in [1.29, 1.82) is 0 Å². The van der Waals surface area contributed by atoms with Gasteiger partial charge in [-0.3, -0.25) is 9.59 Å². The van der Waals surface area contributed by atoms with Crippen LogP contribution in [-0.4, -0.2) is 30.2 Å². The van der Waals surface area contributed by atoms with E-state index >= 15 is 0 Å². The largest absolute Gasteiger partial charge is 0.353 e. The lowest BCUT2D eigenvalue weighted by Crippen LogP contribution is -2.37. The van der Waals surface area contributed by atoms with Gasteiger partial charge in [0.2, 0.25) is 5.91 Å². The van der Waals surface area contributed by atoms with Crippen LogP contribution in [0.5, 0.6) is 0 Å². The van der Waals surface area contributed by atoms with Gasteiger partial charge in [0.05, 0.1) is 5.25 Å². The first-order valence-corrected chi connectivity index (χ1v) is 8.85. The predicted octanol–water partition coefficient (Wildman–Crippen LogP) is 3.37. The lowest BCUT2D eigenvalue weighted by atomic mass is 10.2. The van der Waals surface area contributed by atoms with Gasteiger partial charge < -0.3 is 10.6 Å². The fraction of sp³-hybridized carbons (Fsp3) is 0.222. The van der Waals surface area contributed by atoms with Crippen molar-refractivity contribution in [2.24, 2.45) is 0 Å². The van der Waals surface area contributed by atoms with Crippen LogP contribution in [0.1, 0.15) is 17.3 Å². The lowest BCUT2D eigenvalue weighted by molar-refractivity contribution is -0.120. The van der Waals surface area contributed by atoms with Gasteiger partial charge in [-0.2, -0.15) is 0 Å². The van der Waals surface area contributed by atoms with Gasteiger partial charge in [0.15, 0.2) is 0 Å². The van der Waals surface area contributed by atoms with Gasteiger partial charge in [0.25, 0.3) is 5.91 Å². The molecule has 0 saturated heterocycles. The van der Waals surface area contributed by atoms with Crippen molar-refractivity contribution < 1.29 is 9.59 Å². The molecule has 0 aromatic heterocycles. The van der Waals surface area contributed by atoms with Crippen molar-refractivity contribution in [2.75, 3.05) is 13.1 Å². The molecule has 0 bridgehead atoms. The van der Waals surface area contributed by atoms with E-state index in [9.17, 15) is 9.59 Å². The van der Waals surface area contributed by atoms with Crippen LogP contribution in [0.15, 0.2) is 59.5 Å². The van der Waals surface area contributed by atoms with Gasteiger partial charge in [-0.05, 0) is 43.3 Å². The number of amides is 2. The molecule has 0 aliphatic rings. The Kier molecular flexibility index (Phi) is 7.15. The molecule has 0 aliphatic heterocycles. The van der Waals surface area contributed by atoms with Crippen molar-refractivity contribution in [3.05, 3.63) is 65.2 Å². The van der Waals surface area contributed by atoms with Gasteiger partial charge in [-0.15, -0.1) is 11.8 Å². The second-order valence-corrected chi connectivity index (χ2v) is 6.98. The van der Waals surface area contributed by atoms with E-state index < -0.39 is 0 Å². The Bertz CT molecular complexity index is 677. The second-order valence-electron chi connectivity index (χ2n) is 5.13. The van der Waals surface area contributed by atoms with E-state index in [0.717, 1.165) is 4.90 Å². The first-order chi connectivity index (χ1) is 11.6. The van der Waals surface area contributed by atoms with E-state index in [1.807, 2.05) is 37.3 Å². The monoisotopic (exact) mass is 362 g/mol. The molecule has 2 aromatic rings. The molecule has 126 valence electrons. The number of thioether (sulfide) groups is 1. The van der Waals surface area contributed by atoms with Gasteiger partial charge in [0, 0.05) is 28.6 Å². The van der Waals surface area contributed by atoms with Crippen molar-refractivity contribution in [2.45, 2.75) is 17.1 Å². The molecule has 2 amide bonds. The molecule has 6 heteroatoms. The van der Waals surface area contributed by atoms with E-state index in [-0.39, 0.29) is 17.1 Å². The number of halogens is 1. The number of hydrogen-bond acceptors (Lipinski definition) is 3. The average molecular weight is 363 g/mol. The summed E-state index contributed by atoms with van der Waals surface area (Å²) >= 11 is 7.31. The van der Waals surface area contributed by atoms with Crippen molar-refractivity contribution in [1.82, 2.24) is 10.6 Å². The zero-order valence-corrected chi connectivity index (χ0v) is 14.9. The Morgan fingerprint density at radius 2 is 1.62 bits per heavy atom. The molecule has 0 heterocycles. The van der Waals surface area contributed by atoms with Gasteiger partial charge in [-0.25, -0.2) is 0 Å². The summed E-state index contributed by atoms with van der Waals surface area (Å²) < 4.78 is 0. The predicted molar refractivity (Wildman–Crippen MR) is 98.6 cm³/mol. The van der Waals surface area contributed by atoms with Gasteiger partial charge >= 0.3 is 0 Å². The molecule has 0 radical (unpaired) electrons. The molecule has 1 unspecified atom stereocenters. The molecule has 24 heavy (non-hydrogen) atoms. The number of nitrogens with one attached hydrogen (secondary N) is 2. The number of rotatable bonds is 7. The second kappa shape index (κ2) is 9.35. The molecular weight excluding hydrogens is 344 g/mol. The molecule has 0 spiro atoms. The molecule has 2 aromatic carbocycles. The fourth-order valence-electron chi connectivity index (χ4n) is 1.97. The molecule has 4 nitrogen and oxygen atoms in total. The SMILES string of the molecule is CC(Sc1ccc(Cl)cc1)C(=O)NCCNC(=O)c1ccccc1. The summed E-state index contributed by atoms with van der Waals surface area (Å²) in [6.07, 6.45) is 0. The summed E-state index contributed by atoms with van der Waals surface area (Å²) in [5, 5.41) is 6.04. The number of carbonyl (C=O) groups is 2. The molecule has 0 aliphatic carbocycles. The van der Waals surface area contributed by atoms with Crippen LogP contribution in [0, 0.1) is 0 Å². The van der Waals surface area contributed by atoms with Crippen LogP contribution in [-0.2, 0) is 4.79 Å².